The number of ketones is 1. The molecule has 210 valence electrons. The van der Waals surface area contributed by atoms with Gasteiger partial charge in [0.1, 0.15) is 11.5 Å². The van der Waals surface area contributed by atoms with Crippen LogP contribution < -0.4 is 14.2 Å². The van der Waals surface area contributed by atoms with Gasteiger partial charge in [0.2, 0.25) is 0 Å². The minimum atomic E-state index is -0.803. The second-order valence-electron chi connectivity index (χ2n) is 9.72. The molecule has 0 bridgehead atoms. The van der Waals surface area contributed by atoms with E-state index in [4.69, 9.17) is 14.2 Å². The van der Waals surface area contributed by atoms with Gasteiger partial charge >= 0.3 is 0 Å². The first-order valence-corrected chi connectivity index (χ1v) is 13.8. The van der Waals surface area contributed by atoms with Crippen molar-refractivity contribution in [1.29, 1.82) is 0 Å². The van der Waals surface area contributed by atoms with Gasteiger partial charge < -0.3 is 24.2 Å². The number of Topliss-reactive ketones (excluding diaryl/α,β-unsaturated/α-hetero) is 1. The molecule has 1 saturated heterocycles. The van der Waals surface area contributed by atoms with Crippen LogP contribution in [-0.4, -0.2) is 48.6 Å². The number of benzene rings is 3. The van der Waals surface area contributed by atoms with Gasteiger partial charge in [-0.25, -0.2) is 0 Å². The standard InChI is InChI=1S/C33H37NO6/c1-4-6-20-40-27-16-15-24(22-28(27)38-3)30-29(31(35)25-13-10-14-26(21-25)39-19-5-2)32(36)33(37)34(30)18-17-23-11-8-7-9-12-23/h7-16,21-22,30,35H,4-6,17-20H2,1-3H3. The van der Waals surface area contributed by atoms with Crippen molar-refractivity contribution in [3.05, 3.63) is 95.1 Å². The van der Waals surface area contributed by atoms with E-state index in [0.29, 0.717) is 54.6 Å². The number of rotatable bonds is 13. The van der Waals surface area contributed by atoms with Crippen molar-refractivity contribution >= 4 is 17.4 Å². The van der Waals surface area contributed by atoms with Crippen LogP contribution in [0.2, 0.25) is 0 Å². The largest absolute Gasteiger partial charge is 0.507 e. The second kappa shape index (κ2) is 13.7. The molecule has 1 amide bonds. The molecular weight excluding hydrogens is 506 g/mol. The number of likely N-dealkylation sites (tertiary alicyclic amines) is 1. The van der Waals surface area contributed by atoms with Crippen molar-refractivity contribution in [1.82, 2.24) is 4.90 Å². The van der Waals surface area contributed by atoms with Crippen LogP contribution in [-0.2, 0) is 16.0 Å². The molecule has 7 nitrogen and oxygen atoms in total. The topological polar surface area (TPSA) is 85.3 Å². The summed E-state index contributed by atoms with van der Waals surface area (Å²) in [5, 5.41) is 11.5. The molecule has 0 radical (unpaired) electrons. The highest BCUT2D eigenvalue weighted by atomic mass is 16.5. The predicted octanol–water partition coefficient (Wildman–Crippen LogP) is 6.33. The van der Waals surface area contributed by atoms with Crippen molar-refractivity contribution in [2.24, 2.45) is 0 Å². The zero-order valence-corrected chi connectivity index (χ0v) is 23.4. The van der Waals surface area contributed by atoms with Gasteiger partial charge in [0.15, 0.2) is 11.5 Å². The molecule has 1 atom stereocenters. The van der Waals surface area contributed by atoms with Crippen molar-refractivity contribution in [2.45, 2.75) is 45.6 Å². The number of hydrogen-bond donors (Lipinski definition) is 1. The summed E-state index contributed by atoms with van der Waals surface area (Å²) in [7, 11) is 1.56. The molecule has 1 unspecified atom stereocenters. The first-order valence-electron chi connectivity index (χ1n) is 13.8. The lowest BCUT2D eigenvalue weighted by atomic mass is 9.94. The van der Waals surface area contributed by atoms with Crippen molar-refractivity contribution < 1.29 is 28.9 Å². The molecule has 1 aliphatic heterocycles. The maximum Gasteiger partial charge on any atom is 0.295 e. The molecule has 4 rings (SSSR count). The minimum Gasteiger partial charge on any atom is -0.507 e. The molecule has 40 heavy (non-hydrogen) atoms. The summed E-state index contributed by atoms with van der Waals surface area (Å²) in [5.41, 5.74) is 2.13. The molecule has 1 N–H and O–H groups in total. The maximum absolute atomic E-state index is 13.5. The molecule has 1 fully saturated rings. The van der Waals surface area contributed by atoms with Crippen molar-refractivity contribution in [3.63, 3.8) is 0 Å². The highest BCUT2D eigenvalue weighted by molar-refractivity contribution is 6.46. The lowest BCUT2D eigenvalue weighted by Gasteiger charge is -2.26. The number of carbonyl (C=O) groups excluding carboxylic acids is 2. The normalized spacial score (nSPS) is 16.3. The van der Waals surface area contributed by atoms with Gasteiger partial charge in [0.05, 0.1) is 31.9 Å². The Morgan fingerprint density at radius 3 is 2.40 bits per heavy atom. The van der Waals surface area contributed by atoms with E-state index < -0.39 is 17.7 Å². The third-order valence-corrected chi connectivity index (χ3v) is 6.86. The van der Waals surface area contributed by atoms with Crippen LogP contribution in [0.3, 0.4) is 0 Å². The highest BCUT2D eigenvalue weighted by Crippen LogP contribution is 2.42. The van der Waals surface area contributed by atoms with Crippen molar-refractivity contribution in [3.8, 4) is 17.2 Å². The summed E-state index contributed by atoms with van der Waals surface area (Å²) in [4.78, 5) is 28.4. The number of amides is 1. The maximum atomic E-state index is 13.5. The van der Waals surface area contributed by atoms with Crippen LogP contribution in [0, 0.1) is 0 Å². The van der Waals surface area contributed by atoms with Crippen LogP contribution in [0.15, 0.2) is 78.4 Å². The fraction of sp³-hybridized carbons (Fsp3) is 0.333. The zero-order valence-electron chi connectivity index (χ0n) is 23.4. The number of carbonyl (C=O) groups is 2. The molecule has 1 heterocycles. The van der Waals surface area contributed by atoms with Gasteiger partial charge in [-0.15, -0.1) is 0 Å². The Morgan fingerprint density at radius 1 is 0.875 bits per heavy atom. The molecule has 0 saturated carbocycles. The Kier molecular flexibility index (Phi) is 9.84. The fourth-order valence-corrected chi connectivity index (χ4v) is 4.76. The van der Waals surface area contributed by atoms with Gasteiger partial charge in [-0.1, -0.05) is 68.8 Å². The fourth-order valence-electron chi connectivity index (χ4n) is 4.76. The third-order valence-electron chi connectivity index (χ3n) is 6.86. The Hall–Kier alpha value is -4.26. The summed E-state index contributed by atoms with van der Waals surface area (Å²) < 4.78 is 17.3. The van der Waals surface area contributed by atoms with Gasteiger partial charge in [-0.2, -0.15) is 0 Å². The van der Waals surface area contributed by atoms with Crippen LogP contribution in [0.1, 0.15) is 55.8 Å². The average molecular weight is 544 g/mol. The summed E-state index contributed by atoms with van der Waals surface area (Å²) in [6.45, 7) is 5.48. The van der Waals surface area contributed by atoms with E-state index in [-0.39, 0.29) is 11.3 Å². The average Bonchev–Trinajstić information content (AvgIpc) is 3.24. The lowest BCUT2D eigenvalue weighted by molar-refractivity contribution is -0.139. The number of unbranched alkanes of at least 4 members (excludes halogenated alkanes) is 1. The van der Waals surface area contributed by atoms with E-state index in [0.717, 1.165) is 24.8 Å². The number of methoxy groups -OCH3 is 1. The molecule has 3 aromatic carbocycles. The number of nitrogens with zero attached hydrogens (tertiary/aromatic N) is 1. The predicted molar refractivity (Wildman–Crippen MR) is 155 cm³/mol. The molecule has 1 aliphatic rings. The van der Waals surface area contributed by atoms with Gasteiger partial charge in [0.25, 0.3) is 11.7 Å². The van der Waals surface area contributed by atoms with E-state index in [9.17, 15) is 14.7 Å². The second-order valence-corrected chi connectivity index (χ2v) is 9.72. The number of hydrogen-bond acceptors (Lipinski definition) is 6. The Balaban J connectivity index is 1.77. The summed E-state index contributed by atoms with van der Waals surface area (Å²) >= 11 is 0. The molecule has 0 aliphatic carbocycles. The molecule has 7 heteroatoms. The molecular formula is C33H37NO6. The van der Waals surface area contributed by atoms with Crippen LogP contribution >= 0.6 is 0 Å². The Morgan fingerprint density at radius 2 is 1.68 bits per heavy atom. The van der Waals surface area contributed by atoms with E-state index in [2.05, 4.69) is 6.92 Å². The van der Waals surface area contributed by atoms with E-state index in [1.807, 2.05) is 43.3 Å². The Bertz CT molecular complexity index is 1350. The van der Waals surface area contributed by atoms with Gasteiger partial charge in [-0.05, 0) is 54.7 Å². The quantitative estimate of drug-likeness (QED) is 0.117. The Labute approximate surface area is 236 Å². The molecule has 0 spiro atoms. The van der Waals surface area contributed by atoms with E-state index in [1.165, 1.54) is 4.90 Å². The first-order chi connectivity index (χ1) is 19.5. The van der Waals surface area contributed by atoms with Gasteiger partial charge in [0, 0.05) is 12.1 Å². The SMILES string of the molecule is CCCCOc1ccc(C2C(=C(O)c3cccc(OCCC)c3)C(=O)C(=O)N2CCc2ccccc2)cc1OC. The smallest absolute Gasteiger partial charge is 0.295 e. The van der Waals surface area contributed by atoms with E-state index >= 15 is 0 Å². The van der Waals surface area contributed by atoms with Crippen LogP contribution in [0.4, 0.5) is 0 Å². The molecule has 3 aromatic rings. The monoisotopic (exact) mass is 543 g/mol. The highest BCUT2D eigenvalue weighted by Gasteiger charge is 2.46. The first kappa shape index (κ1) is 28.7. The van der Waals surface area contributed by atoms with E-state index in [1.54, 1.807) is 43.5 Å². The summed E-state index contributed by atoms with van der Waals surface area (Å²) in [6, 6.07) is 21.3. The van der Waals surface area contributed by atoms with Crippen LogP contribution in [0.5, 0.6) is 17.2 Å². The van der Waals surface area contributed by atoms with Gasteiger partial charge in [-0.3, -0.25) is 9.59 Å². The number of aliphatic hydroxyl groups is 1. The number of ether oxygens (including phenoxy) is 3. The van der Waals surface area contributed by atoms with Crippen molar-refractivity contribution in [2.75, 3.05) is 26.9 Å². The zero-order chi connectivity index (χ0) is 28.5. The summed E-state index contributed by atoms with van der Waals surface area (Å²) in [6.07, 6.45) is 3.30. The summed E-state index contributed by atoms with van der Waals surface area (Å²) in [5.74, 6) is 0.0467. The minimum absolute atomic E-state index is 0.0346. The third kappa shape index (κ3) is 6.47. The lowest BCUT2D eigenvalue weighted by Crippen LogP contribution is -2.31. The molecule has 0 aromatic heterocycles. The number of aliphatic hydroxyl groups excluding tert-OH is 1. The van der Waals surface area contributed by atoms with Crippen LogP contribution in [0.25, 0.3) is 5.76 Å².